The molecule has 1 fully saturated rings. The standard InChI is InChI=1S/C23H27FN6O/c1-17-22(26-27-30(17)20-10-8-19(24)9-11-20)23(31)25-21(18-6-4-3-5-7-18)16-29-14-12-28(2)13-15-29/h3-11,21H,12-16H2,1-2H3,(H,25,31). The molecule has 0 aliphatic carbocycles. The van der Waals surface area contributed by atoms with Crippen molar-refractivity contribution in [3.05, 3.63) is 77.4 Å². The summed E-state index contributed by atoms with van der Waals surface area (Å²) in [5, 5.41) is 11.4. The van der Waals surface area contributed by atoms with Crippen LogP contribution in [0, 0.1) is 12.7 Å². The third kappa shape index (κ3) is 4.98. The van der Waals surface area contributed by atoms with E-state index in [9.17, 15) is 9.18 Å². The van der Waals surface area contributed by atoms with E-state index in [1.807, 2.05) is 30.3 Å². The van der Waals surface area contributed by atoms with Gasteiger partial charge in [0.1, 0.15) is 5.82 Å². The lowest BCUT2D eigenvalue weighted by molar-refractivity contribution is 0.0901. The lowest BCUT2D eigenvalue weighted by Gasteiger charge is -2.35. The minimum Gasteiger partial charge on any atom is -0.342 e. The summed E-state index contributed by atoms with van der Waals surface area (Å²) >= 11 is 0. The highest BCUT2D eigenvalue weighted by Gasteiger charge is 2.24. The smallest absolute Gasteiger partial charge is 0.274 e. The number of piperazine rings is 1. The molecule has 4 rings (SSSR count). The number of amides is 1. The molecule has 0 radical (unpaired) electrons. The molecule has 1 aliphatic rings. The maximum absolute atomic E-state index is 13.2. The van der Waals surface area contributed by atoms with Gasteiger partial charge in [-0.25, -0.2) is 9.07 Å². The van der Waals surface area contributed by atoms with Crippen molar-refractivity contribution in [3.63, 3.8) is 0 Å². The first-order chi connectivity index (χ1) is 15.0. The van der Waals surface area contributed by atoms with Gasteiger partial charge in [-0.15, -0.1) is 5.10 Å². The Balaban J connectivity index is 1.53. The SMILES string of the molecule is Cc1c(C(=O)NC(CN2CCN(C)CC2)c2ccccc2)nnn1-c1ccc(F)cc1. The fourth-order valence-electron chi connectivity index (χ4n) is 3.80. The van der Waals surface area contributed by atoms with E-state index in [0.717, 1.165) is 38.3 Å². The van der Waals surface area contributed by atoms with Crippen LogP contribution in [0.5, 0.6) is 0 Å². The Morgan fingerprint density at radius 1 is 1.06 bits per heavy atom. The van der Waals surface area contributed by atoms with E-state index in [2.05, 4.69) is 32.5 Å². The van der Waals surface area contributed by atoms with Crippen LogP contribution in [0.2, 0.25) is 0 Å². The van der Waals surface area contributed by atoms with Crippen molar-refractivity contribution in [1.29, 1.82) is 0 Å². The summed E-state index contributed by atoms with van der Waals surface area (Å²) in [5.74, 6) is -0.595. The molecule has 2 aromatic carbocycles. The Hall–Kier alpha value is -3.10. The second-order valence-electron chi connectivity index (χ2n) is 7.95. The molecule has 1 unspecified atom stereocenters. The van der Waals surface area contributed by atoms with Crippen molar-refractivity contribution in [1.82, 2.24) is 30.1 Å². The fourth-order valence-corrected chi connectivity index (χ4v) is 3.80. The number of rotatable bonds is 6. The first-order valence-electron chi connectivity index (χ1n) is 10.5. The average molecular weight is 423 g/mol. The van der Waals surface area contributed by atoms with Crippen LogP contribution in [0.3, 0.4) is 0 Å². The van der Waals surface area contributed by atoms with Crippen LogP contribution in [0.15, 0.2) is 54.6 Å². The Morgan fingerprint density at radius 3 is 2.42 bits per heavy atom. The van der Waals surface area contributed by atoms with Gasteiger partial charge in [-0.2, -0.15) is 0 Å². The summed E-state index contributed by atoms with van der Waals surface area (Å²) in [6, 6.07) is 15.8. The highest BCUT2D eigenvalue weighted by Crippen LogP contribution is 2.18. The predicted octanol–water partition coefficient (Wildman–Crippen LogP) is 2.43. The summed E-state index contributed by atoms with van der Waals surface area (Å²) in [7, 11) is 2.13. The average Bonchev–Trinajstić information content (AvgIpc) is 3.17. The zero-order valence-corrected chi connectivity index (χ0v) is 17.8. The third-order valence-corrected chi connectivity index (χ3v) is 5.72. The van der Waals surface area contributed by atoms with Crippen LogP contribution >= 0.6 is 0 Å². The molecule has 0 saturated carbocycles. The van der Waals surface area contributed by atoms with Crippen molar-refractivity contribution in [2.24, 2.45) is 0 Å². The van der Waals surface area contributed by atoms with Gasteiger partial charge in [-0.05, 0) is 43.8 Å². The fraction of sp³-hybridized carbons (Fsp3) is 0.348. The second-order valence-corrected chi connectivity index (χ2v) is 7.95. The molecule has 8 heteroatoms. The largest absolute Gasteiger partial charge is 0.342 e. The van der Waals surface area contributed by atoms with Gasteiger partial charge >= 0.3 is 0 Å². The minimum atomic E-state index is -0.325. The highest BCUT2D eigenvalue weighted by atomic mass is 19.1. The summed E-state index contributed by atoms with van der Waals surface area (Å²) in [5.41, 5.74) is 2.58. The number of benzene rings is 2. The summed E-state index contributed by atoms with van der Waals surface area (Å²) < 4.78 is 14.8. The van der Waals surface area contributed by atoms with E-state index in [1.165, 1.54) is 12.1 Å². The normalized spacial score (nSPS) is 16.2. The first kappa shape index (κ1) is 21.1. The van der Waals surface area contributed by atoms with Crippen LogP contribution in [0.1, 0.15) is 27.8 Å². The number of aromatic nitrogens is 3. The number of halogens is 1. The van der Waals surface area contributed by atoms with Crippen LogP contribution in [0.25, 0.3) is 5.69 Å². The van der Waals surface area contributed by atoms with Crippen molar-refractivity contribution >= 4 is 5.91 Å². The van der Waals surface area contributed by atoms with E-state index in [4.69, 9.17) is 0 Å². The van der Waals surface area contributed by atoms with E-state index < -0.39 is 0 Å². The minimum absolute atomic E-state index is 0.160. The summed E-state index contributed by atoms with van der Waals surface area (Å²) in [6.07, 6.45) is 0. The van der Waals surface area contributed by atoms with E-state index in [-0.39, 0.29) is 23.5 Å². The van der Waals surface area contributed by atoms with Gasteiger partial charge in [-0.1, -0.05) is 35.5 Å². The topological polar surface area (TPSA) is 66.3 Å². The molecule has 162 valence electrons. The Kier molecular flexibility index (Phi) is 6.39. The molecular weight excluding hydrogens is 395 g/mol. The van der Waals surface area contributed by atoms with Crippen LogP contribution < -0.4 is 5.32 Å². The predicted molar refractivity (Wildman–Crippen MR) is 117 cm³/mol. The molecule has 3 aromatic rings. The lowest BCUT2D eigenvalue weighted by Crippen LogP contribution is -2.47. The molecule has 1 atom stereocenters. The monoisotopic (exact) mass is 422 g/mol. The molecule has 31 heavy (non-hydrogen) atoms. The van der Waals surface area contributed by atoms with Crippen molar-refractivity contribution in [2.45, 2.75) is 13.0 Å². The summed E-state index contributed by atoms with van der Waals surface area (Å²) in [6.45, 7) is 6.48. The Morgan fingerprint density at radius 2 is 1.74 bits per heavy atom. The van der Waals surface area contributed by atoms with E-state index in [1.54, 1.807) is 23.7 Å². The molecule has 0 bridgehead atoms. The molecule has 7 nitrogen and oxygen atoms in total. The van der Waals surface area contributed by atoms with E-state index in [0.29, 0.717) is 11.4 Å². The van der Waals surface area contributed by atoms with Crippen LogP contribution in [0.4, 0.5) is 4.39 Å². The maximum Gasteiger partial charge on any atom is 0.274 e. The number of hydrogen-bond donors (Lipinski definition) is 1. The molecular formula is C23H27FN6O. The van der Waals surface area contributed by atoms with Crippen molar-refractivity contribution in [3.8, 4) is 5.69 Å². The number of likely N-dealkylation sites (N-methyl/N-ethyl adjacent to an activating group) is 1. The number of hydrogen-bond acceptors (Lipinski definition) is 5. The van der Waals surface area contributed by atoms with Gasteiger partial charge in [0.25, 0.3) is 5.91 Å². The number of carbonyl (C=O) groups is 1. The van der Waals surface area contributed by atoms with Gasteiger partial charge < -0.3 is 10.2 Å². The van der Waals surface area contributed by atoms with Gasteiger partial charge in [0, 0.05) is 32.7 Å². The van der Waals surface area contributed by atoms with Crippen molar-refractivity contribution in [2.75, 3.05) is 39.8 Å². The molecule has 0 spiro atoms. The molecule has 2 heterocycles. The Bertz CT molecular complexity index is 1010. The maximum atomic E-state index is 13.2. The van der Waals surface area contributed by atoms with Crippen molar-refractivity contribution < 1.29 is 9.18 Å². The quantitative estimate of drug-likeness (QED) is 0.661. The van der Waals surface area contributed by atoms with Gasteiger partial charge in [-0.3, -0.25) is 9.69 Å². The molecule has 1 amide bonds. The number of nitrogens with one attached hydrogen (secondary N) is 1. The third-order valence-electron chi connectivity index (χ3n) is 5.72. The highest BCUT2D eigenvalue weighted by molar-refractivity contribution is 5.93. The molecule has 1 saturated heterocycles. The molecule has 1 aliphatic heterocycles. The molecule has 1 aromatic heterocycles. The zero-order chi connectivity index (χ0) is 21.8. The van der Waals surface area contributed by atoms with E-state index >= 15 is 0 Å². The van der Waals surface area contributed by atoms with Crippen LogP contribution in [-0.4, -0.2) is 70.5 Å². The lowest BCUT2D eigenvalue weighted by atomic mass is 10.1. The number of carbonyl (C=O) groups excluding carboxylic acids is 1. The van der Waals surface area contributed by atoms with Crippen LogP contribution in [-0.2, 0) is 0 Å². The van der Waals surface area contributed by atoms with Gasteiger partial charge in [0.15, 0.2) is 5.69 Å². The van der Waals surface area contributed by atoms with Gasteiger partial charge in [0.2, 0.25) is 0 Å². The number of nitrogens with zero attached hydrogens (tertiary/aromatic N) is 5. The zero-order valence-electron chi connectivity index (χ0n) is 17.8. The Labute approximate surface area is 181 Å². The van der Waals surface area contributed by atoms with Gasteiger partial charge in [0.05, 0.1) is 17.4 Å². The first-order valence-corrected chi connectivity index (χ1v) is 10.5. The molecule has 1 N–H and O–H groups in total. The second kappa shape index (κ2) is 9.36. The summed E-state index contributed by atoms with van der Waals surface area (Å²) in [4.78, 5) is 17.8.